The van der Waals surface area contributed by atoms with Gasteiger partial charge in [-0.3, -0.25) is 0 Å². The molecule has 0 fully saturated rings. The Morgan fingerprint density at radius 1 is 0.500 bits per heavy atom. The zero-order valence-corrected chi connectivity index (χ0v) is 17.7. The molecule has 0 aliphatic carbocycles. The molecule has 0 aliphatic rings. The van der Waals surface area contributed by atoms with Crippen LogP contribution in [0.2, 0.25) is 0 Å². The second kappa shape index (κ2) is 62.6. The van der Waals surface area contributed by atoms with Gasteiger partial charge >= 0.3 is 29.6 Å². The summed E-state index contributed by atoms with van der Waals surface area (Å²) in [6.07, 6.45) is 0. The van der Waals surface area contributed by atoms with Crippen molar-refractivity contribution in [2.24, 2.45) is 0 Å². The van der Waals surface area contributed by atoms with Crippen LogP contribution in [0.5, 0.6) is 0 Å². The van der Waals surface area contributed by atoms with Crippen molar-refractivity contribution in [3.05, 3.63) is 0 Å². The molecule has 0 atom stereocenters. The first-order valence-corrected chi connectivity index (χ1v) is 0. The molecule has 0 rings (SSSR count). The molecule has 0 aromatic rings. The van der Waals surface area contributed by atoms with Crippen LogP contribution in [0.15, 0.2) is 0 Å². The van der Waals surface area contributed by atoms with Gasteiger partial charge in [-0.05, 0) is 0 Å². The zero-order chi connectivity index (χ0) is 0. The van der Waals surface area contributed by atoms with Crippen LogP contribution in [-0.2, 0) is 19.5 Å². The second-order valence-electron chi connectivity index (χ2n) is 0. The quantitative estimate of drug-likeness (QED) is 0.352. The van der Waals surface area contributed by atoms with E-state index in [-0.39, 0.29) is 152 Å². The molecule has 0 spiro atoms. The summed E-state index contributed by atoms with van der Waals surface area (Å²) in [7, 11) is 0. The minimum absolute atomic E-state index is 0. The number of hydrogen-bond donors (Lipinski definition) is 0. The average Bonchev–Trinajstić information content (AvgIpc) is 0. The van der Waals surface area contributed by atoms with E-state index in [0.717, 1.165) is 0 Å². The first-order chi connectivity index (χ1) is 0. The Bertz CT molecular complexity index is 13.0. The Hall–Kier alpha value is 4.50. The molecule has 0 N–H and O–H groups in total. The van der Waals surface area contributed by atoms with Gasteiger partial charge in [-0.15, -0.1) is 102 Å². The first-order valence-electron chi connectivity index (χ1n) is 0. The smallest absolute Gasteiger partial charge is 1.00 e. The third-order valence-corrected chi connectivity index (χ3v) is 0. The Morgan fingerprint density at radius 2 is 0.500 bits per heavy atom. The maximum atomic E-state index is 0. The molecule has 0 unspecified atom stereocenters. The van der Waals surface area contributed by atoms with Gasteiger partial charge in [0.2, 0.25) is 0 Å². The van der Waals surface area contributed by atoms with Crippen molar-refractivity contribution in [2.75, 3.05) is 0 Å². The van der Waals surface area contributed by atoms with E-state index >= 15 is 0 Å². The van der Waals surface area contributed by atoms with Crippen LogP contribution in [0.4, 0.5) is 0 Å². The Labute approximate surface area is 149 Å². The van der Waals surface area contributed by atoms with Crippen LogP contribution in [0.25, 0.3) is 0 Å². The topological polar surface area (TPSA) is 0 Å². The van der Waals surface area contributed by atoms with Crippen molar-refractivity contribution in [3.63, 3.8) is 0 Å². The number of halogens is 6. The SMILES string of the molecule is Br.Br.Br.Br.Br.Br.[H-].[Na+].[Rh]. The van der Waals surface area contributed by atoms with Crippen LogP contribution in [-0.4, -0.2) is 0 Å². The van der Waals surface area contributed by atoms with Gasteiger partial charge in [0.25, 0.3) is 0 Å². The van der Waals surface area contributed by atoms with Crippen LogP contribution in [0.1, 0.15) is 1.43 Å². The molecule has 59 valence electrons. The molecule has 1 radical (unpaired) electrons. The van der Waals surface area contributed by atoms with E-state index in [1.54, 1.807) is 0 Å². The van der Waals surface area contributed by atoms with E-state index in [1.165, 1.54) is 0 Å². The summed E-state index contributed by atoms with van der Waals surface area (Å²) in [5, 5.41) is 0. The monoisotopic (exact) mass is 606 g/mol. The van der Waals surface area contributed by atoms with Gasteiger partial charge in [0.1, 0.15) is 0 Å². The van der Waals surface area contributed by atoms with Crippen molar-refractivity contribution >= 4 is 102 Å². The van der Waals surface area contributed by atoms with E-state index in [4.69, 9.17) is 0 Å². The Kier molecular flexibility index (Phi) is 638. The van der Waals surface area contributed by atoms with Gasteiger partial charge in [0.05, 0.1) is 0 Å². The summed E-state index contributed by atoms with van der Waals surface area (Å²) in [6, 6.07) is 0. The number of rotatable bonds is 0. The van der Waals surface area contributed by atoms with Gasteiger partial charge in [-0.25, -0.2) is 0 Å². The predicted molar refractivity (Wildman–Crippen MR) is 63.0 cm³/mol. The van der Waals surface area contributed by atoms with E-state index in [9.17, 15) is 0 Å². The summed E-state index contributed by atoms with van der Waals surface area (Å²) in [4.78, 5) is 0. The van der Waals surface area contributed by atoms with Crippen molar-refractivity contribution in [1.29, 1.82) is 0 Å². The molecule has 8 heteroatoms. The minimum Gasteiger partial charge on any atom is -1.00 e. The summed E-state index contributed by atoms with van der Waals surface area (Å²) in [5.41, 5.74) is 0. The summed E-state index contributed by atoms with van der Waals surface area (Å²) < 4.78 is 0. The molecule has 0 aromatic heterocycles. The van der Waals surface area contributed by atoms with Crippen LogP contribution >= 0.6 is 102 Å². The van der Waals surface area contributed by atoms with E-state index in [1.807, 2.05) is 0 Å². The predicted octanol–water partition coefficient (Wildman–Crippen LogP) is 0.581. The van der Waals surface area contributed by atoms with E-state index in [0.29, 0.717) is 0 Å². The van der Waals surface area contributed by atoms with E-state index < -0.39 is 0 Å². The third-order valence-electron chi connectivity index (χ3n) is 0. The molecular weight excluding hydrogens is 605 g/mol. The summed E-state index contributed by atoms with van der Waals surface area (Å²) >= 11 is 0. The molecular formula is H7Br6NaRh. The molecule has 0 saturated heterocycles. The van der Waals surface area contributed by atoms with Gasteiger partial charge in [0, 0.05) is 19.5 Å². The molecule has 8 heavy (non-hydrogen) atoms. The maximum absolute atomic E-state index is 0. The van der Waals surface area contributed by atoms with Crippen LogP contribution < -0.4 is 29.6 Å². The summed E-state index contributed by atoms with van der Waals surface area (Å²) in [5.74, 6) is 0. The average molecular weight is 612 g/mol. The molecule has 0 amide bonds. The largest absolute Gasteiger partial charge is 1.00 e. The molecule has 0 bridgehead atoms. The van der Waals surface area contributed by atoms with Crippen LogP contribution in [0, 0.1) is 0 Å². The zero-order valence-electron chi connectivity index (χ0n) is 4.78. The van der Waals surface area contributed by atoms with Gasteiger partial charge in [-0.1, -0.05) is 0 Å². The Morgan fingerprint density at radius 3 is 0.500 bits per heavy atom. The fourth-order valence-corrected chi connectivity index (χ4v) is 0. The fourth-order valence-electron chi connectivity index (χ4n) is 0. The van der Waals surface area contributed by atoms with E-state index in [2.05, 4.69) is 0 Å². The van der Waals surface area contributed by atoms with Gasteiger partial charge in [-0.2, -0.15) is 0 Å². The molecule has 0 saturated carbocycles. The standard InChI is InChI=1S/6BrH.Na.Rh.H/h6*1H;;;/q;;;;;;+1;;-1. The first kappa shape index (κ1) is 81.6. The fraction of sp³-hybridized carbons (Fsp3) is 0. The second-order valence-corrected chi connectivity index (χ2v) is 0. The minimum atomic E-state index is 0. The summed E-state index contributed by atoms with van der Waals surface area (Å²) in [6.45, 7) is 0. The van der Waals surface area contributed by atoms with Gasteiger partial charge in [0.15, 0.2) is 0 Å². The molecule has 0 heterocycles. The molecule has 0 nitrogen and oxygen atoms in total. The van der Waals surface area contributed by atoms with Crippen molar-refractivity contribution in [3.8, 4) is 0 Å². The van der Waals surface area contributed by atoms with Crippen LogP contribution in [0.3, 0.4) is 0 Å². The number of hydrogen-bond acceptors (Lipinski definition) is 0. The van der Waals surface area contributed by atoms with Crippen molar-refractivity contribution in [2.45, 2.75) is 0 Å². The third kappa shape index (κ3) is 46.8. The Balaban J connectivity index is 0. The van der Waals surface area contributed by atoms with Crippen molar-refractivity contribution < 1.29 is 50.5 Å². The van der Waals surface area contributed by atoms with Crippen molar-refractivity contribution in [1.82, 2.24) is 0 Å². The molecule has 0 aromatic carbocycles. The normalized spacial score (nSPS) is 0. The maximum Gasteiger partial charge on any atom is 1.00 e. The van der Waals surface area contributed by atoms with Gasteiger partial charge < -0.3 is 1.43 Å². The molecule has 0 aliphatic heterocycles.